The molecule has 3 rings (SSSR count). The summed E-state index contributed by atoms with van der Waals surface area (Å²) in [6.07, 6.45) is 0.523. The van der Waals surface area contributed by atoms with Crippen molar-refractivity contribution in [1.29, 1.82) is 0 Å². The Hall–Kier alpha value is -1.62. The molecule has 1 saturated heterocycles. The predicted molar refractivity (Wildman–Crippen MR) is 94.6 cm³/mol. The molecule has 1 fully saturated rings. The van der Waals surface area contributed by atoms with Crippen LogP contribution in [0.15, 0.2) is 60.7 Å². The second-order valence-electron chi connectivity index (χ2n) is 5.87. The third-order valence-corrected chi connectivity index (χ3v) is 5.30. The molecule has 1 aliphatic heterocycles. The van der Waals surface area contributed by atoms with Crippen molar-refractivity contribution in [3.05, 3.63) is 71.8 Å². The summed E-state index contributed by atoms with van der Waals surface area (Å²) < 4.78 is 0. The Bertz CT molecular complexity index is 632. The molecule has 0 aromatic heterocycles. The van der Waals surface area contributed by atoms with Gasteiger partial charge in [-0.1, -0.05) is 72.4 Å². The van der Waals surface area contributed by atoms with E-state index in [0.29, 0.717) is 11.8 Å². The van der Waals surface area contributed by atoms with Gasteiger partial charge in [-0.2, -0.15) is 0 Å². The van der Waals surface area contributed by atoms with Gasteiger partial charge in [0.25, 0.3) is 0 Å². The van der Waals surface area contributed by atoms with E-state index >= 15 is 0 Å². The summed E-state index contributed by atoms with van der Waals surface area (Å²) in [4.78, 5) is 14.5. The van der Waals surface area contributed by atoms with E-state index in [2.05, 4.69) is 4.90 Å². The van der Waals surface area contributed by atoms with Crippen LogP contribution in [0.25, 0.3) is 0 Å². The molecule has 120 valence electrons. The number of β-amino-alcohol motifs (C(OH)–C–C–N with tert-alkyl or cyclic N) is 1. The molecule has 2 atom stereocenters. The number of hydrogen-bond donors (Lipinski definition) is 1. The summed E-state index contributed by atoms with van der Waals surface area (Å²) in [6.45, 7) is 2.41. The lowest BCUT2D eigenvalue weighted by Gasteiger charge is -2.20. The van der Waals surface area contributed by atoms with Crippen molar-refractivity contribution in [2.24, 2.45) is 0 Å². The largest absolute Gasteiger partial charge is 0.387 e. The summed E-state index contributed by atoms with van der Waals surface area (Å²) in [5, 5.41) is 10.8. The van der Waals surface area contributed by atoms with Crippen LogP contribution in [-0.2, 0) is 0 Å². The van der Waals surface area contributed by atoms with Crippen LogP contribution in [0.5, 0.6) is 0 Å². The molecule has 1 N–H and O–H groups in total. The van der Waals surface area contributed by atoms with Gasteiger partial charge in [-0.25, -0.2) is 0 Å². The lowest BCUT2D eigenvalue weighted by molar-refractivity contribution is 0.108. The van der Waals surface area contributed by atoms with Crippen LogP contribution in [0.1, 0.15) is 28.4 Å². The normalized spacial score (nSPS) is 19.6. The van der Waals surface area contributed by atoms with Gasteiger partial charge in [-0.05, 0) is 18.5 Å². The molecule has 3 nitrogen and oxygen atoms in total. The Morgan fingerprint density at radius 3 is 2.48 bits per heavy atom. The molecule has 0 unspecified atom stereocenters. The summed E-state index contributed by atoms with van der Waals surface area (Å²) in [6, 6.07) is 19.2. The fraction of sp³-hybridized carbons (Fsp3) is 0.316. The average Bonchev–Trinajstić information content (AvgIpc) is 3.03. The highest BCUT2D eigenvalue weighted by Gasteiger charge is 2.27. The average molecular weight is 327 g/mol. The molecule has 23 heavy (non-hydrogen) atoms. The number of aliphatic hydroxyl groups excluding tert-OH is 1. The first-order valence-corrected chi connectivity index (χ1v) is 8.82. The number of carbonyl (C=O) groups excluding carboxylic acids is 1. The lowest BCUT2D eigenvalue weighted by atomic mass is 10.1. The zero-order valence-electron chi connectivity index (χ0n) is 13.0. The van der Waals surface area contributed by atoms with Crippen molar-refractivity contribution in [2.75, 3.05) is 19.6 Å². The van der Waals surface area contributed by atoms with Gasteiger partial charge in [-0.15, -0.1) is 0 Å². The summed E-state index contributed by atoms with van der Waals surface area (Å²) in [7, 11) is 0. The maximum atomic E-state index is 12.2. The molecule has 0 bridgehead atoms. The van der Waals surface area contributed by atoms with Gasteiger partial charge in [0.2, 0.25) is 5.12 Å². The lowest BCUT2D eigenvalue weighted by Crippen LogP contribution is -2.27. The first-order valence-electron chi connectivity index (χ1n) is 7.94. The van der Waals surface area contributed by atoms with Gasteiger partial charge < -0.3 is 5.11 Å². The smallest absolute Gasteiger partial charge is 0.219 e. The first-order chi connectivity index (χ1) is 11.2. The van der Waals surface area contributed by atoms with Gasteiger partial charge in [-0.3, -0.25) is 9.69 Å². The van der Waals surface area contributed by atoms with E-state index in [9.17, 15) is 9.90 Å². The van der Waals surface area contributed by atoms with Crippen molar-refractivity contribution in [3.8, 4) is 0 Å². The standard InChI is InChI=1S/C19H21NO2S/c21-18(15-7-3-1-4-8-15)14-20-12-11-17(13-20)23-19(22)16-9-5-2-6-10-16/h1-10,17-18,21H,11-14H2/t17-,18+/m0/s1. The third-order valence-electron chi connectivity index (χ3n) is 4.13. The number of hydrogen-bond acceptors (Lipinski definition) is 4. The van der Waals surface area contributed by atoms with Crippen molar-refractivity contribution >= 4 is 16.9 Å². The zero-order chi connectivity index (χ0) is 16.1. The minimum Gasteiger partial charge on any atom is -0.387 e. The molecule has 0 saturated carbocycles. The Balaban J connectivity index is 1.50. The predicted octanol–water partition coefficient (Wildman–Crippen LogP) is 3.37. The van der Waals surface area contributed by atoms with Crippen LogP contribution in [0, 0.1) is 0 Å². The molecular weight excluding hydrogens is 306 g/mol. The van der Waals surface area contributed by atoms with E-state index in [4.69, 9.17) is 0 Å². The molecule has 0 radical (unpaired) electrons. The molecule has 0 amide bonds. The topological polar surface area (TPSA) is 40.5 Å². The van der Waals surface area contributed by atoms with Crippen LogP contribution >= 0.6 is 11.8 Å². The third kappa shape index (κ3) is 4.44. The quantitative estimate of drug-likeness (QED) is 0.914. The maximum Gasteiger partial charge on any atom is 0.219 e. The van der Waals surface area contributed by atoms with E-state index < -0.39 is 6.10 Å². The monoisotopic (exact) mass is 327 g/mol. The molecule has 2 aromatic carbocycles. The molecular formula is C19H21NO2S. The molecule has 0 aliphatic carbocycles. The molecule has 2 aromatic rings. The number of benzene rings is 2. The summed E-state index contributed by atoms with van der Waals surface area (Å²) in [5.74, 6) is 0. The Morgan fingerprint density at radius 1 is 1.13 bits per heavy atom. The molecule has 1 aliphatic rings. The van der Waals surface area contributed by atoms with Crippen LogP contribution in [0.2, 0.25) is 0 Å². The van der Waals surface area contributed by atoms with Gasteiger partial charge >= 0.3 is 0 Å². The fourth-order valence-corrected chi connectivity index (χ4v) is 3.96. The number of nitrogens with zero attached hydrogens (tertiary/aromatic N) is 1. The van der Waals surface area contributed by atoms with Crippen LogP contribution < -0.4 is 0 Å². The van der Waals surface area contributed by atoms with E-state index in [1.165, 1.54) is 11.8 Å². The van der Waals surface area contributed by atoms with Crippen molar-refractivity contribution in [2.45, 2.75) is 17.8 Å². The minimum atomic E-state index is -0.468. The van der Waals surface area contributed by atoms with Crippen molar-refractivity contribution in [3.63, 3.8) is 0 Å². The summed E-state index contributed by atoms with van der Waals surface area (Å²) in [5.41, 5.74) is 1.71. The molecule has 0 spiro atoms. The van der Waals surface area contributed by atoms with E-state index in [0.717, 1.165) is 30.6 Å². The second kappa shape index (κ2) is 7.77. The van der Waals surface area contributed by atoms with Gasteiger partial charge in [0.05, 0.1) is 6.10 Å². The minimum absolute atomic E-state index is 0.140. The number of aliphatic hydroxyl groups is 1. The van der Waals surface area contributed by atoms with E-state index in [1.54, 1.807) is 0 Å². The van der Waals surface area contributed by atoms with Gasteiger partial charge in [0, 0.05) is 23.9 Å². The number of carbonyl (C=O) groups is 1. The highest BCUT2D eigenvalue weighted by Crippen LogP contribution is 2.27. The summed E-state index contributed by atoms with van der Waals surface area (Å²) >= 11 is 1.42. The van der Waals surface area contributed by atoms with Crippen molar-refractivity contribution < 1.29 is 9.90 Å². The Morgan fingerprint density at radius 2 is 1.78 bits per heavy atom. The van der Waals surface area contributed by atoms with Crippen LogP contribution in [0.4, 0.5) is 0 Å². The fourth-order valence-electron chi connectivity index (χ4n) is 2.88. The Kier molecular flexibility index (Phi) is 5.49. The van der Waals surface area contributed by atoms with Crippen LogP contribution in [-0.4, -0.2) is 40.0 Å². The first kappa shape index (κ1) is 16.2. The number of rotatable bonds is 5. The van der Waals surface area contributed by atoms with E-state index in [1.807, 2.05) is 60.7 Å². The SMILES string of the molecule is O=C(S[C@H]1CCN(C[C@@H](O)c2ccccc2)C1)c1ccccc1. The van der Waals surface area contributed by atoms with Crippen molar-refractivity contribution in [1.82, 2.24) is 4.90 Å². The zero-order valence-corrected chi connectivity index (χ0v) is 13.8. The highest BCUT2D eigenvalue weighted by molar-refractivity contribution is 8.14. The highest BCUT2D eigenvalue weighted by atomic mass is 32.2. The maximum absolute atomic E-state index is 12.2. The van der Waals surface area contributed by atoms with Crippen LogP contribution in [0.3, 0.4) is 0 Å². The number of likely N-dealkylation sites (tertiary alicyclic amines) is 1. The Labute approximate surface area is 141 Å². The van der Waals surface area contributed by atoms with Gasteiger partial charge in [0.1, 0.15) is 0 Å². The van der Waals surface area contributed by atoms with Gasteiger partial charge in [0.15, 0.2) is 0 Å². The second-order valence-corrected chi connectivity index (χ2v) is 7.14. The number of thioether (sulfide) groups is 1. The molecule has 4 heteroatoms. The van der Waals surface area contributed by atoms with E-state index in [-0.39, 0.29) is 5.12 Å². The molecule has 1 heterocycles.